The van der Waals surface area contributed by atoms with Crippen molar-refractivity contribution in [3.63, 3.8) is 0 Å². The summed E-state index contributed by atoms with van der Waals surface area (Å²) in [6, 6.07) is 23.9. The van der Waals surface area contributed by atoms with Gasteiger partial charge in [-0.15, -0.1) is 10.2 Å². The average Bonchev–Trinajstić information content (AvgIpc) is 3.29. The van der Waals surface area contributed by atoms with E-state index in [0.717, 1.165) is 14.9 Å². The van der Waals surface area contributed by atoms with Crippen LogP contribution in [0.4, 0.5) is 11.4 Å². The van der Waals surface area contributed by atoms with E-state index in [9.17, 15) is 13.2 Å². The Bertz CT molecular complexity index is 1520. The quantitative estimate of drug-likeness (QED) is 0.154. The summed E-state index contributed by atoms with van der Waals surface area (Å²) in [7, 11) is -3.65. The van der Waals surface area contributed by atoms with E-state index in [1.54, 1.807) is 32.9 Å². The molecule has 3 N–H and O–H groups in total. The molecule has 0 fully saturated rings. The third-order valence-corrected chi connectivity index (χ3v) is 8.65. The van der Waals surface area contributed by atoms with Crippen LogP contribution < -0.4 is 15.4 Å². The molecule has 204 valence electrons. The van der Waals surface area contributed by atoms with Crippen molar-refractivity contribution in [3.8, 4) is 5.69 Å². The van der Waals surface area contributed by atoms with Gasteiger partial charge in [-0.1, -0.05) is 30.0 Å². The van der Waals surface area contributed by atoms with Gasteiger partial charge in [-0.3, -0.25) is 9.36 Å². The molecule has 0 saturated heterocycles. The van der Waals surface area contributed by atoms with E-state index in [-0.39, 0.29) is 16.6 Å². The predicted octanol–water partition coefficient (Wildman–Crippen LogP) is 5.29. The van der Waals surface area contributed by atoms with Crippen molar-refractivity contribution in [2.45, 2.75) is 42.9 Å². The van der Waals surface area contributed by atoms with Crippen LogP contribution in [-0.2, 0) is 21.4 Å². The fraction of sp³-hybridized carbons (Fsp3) is 0.222. The lowest BCUT2D eigenvalue weighted by molar-refractivity contribution is -0.113. The second kappa shape index (κ2) is 12.5. The average molecular weight is 677 g/mol. The molecule has 1 heterocycles. The molecule has 1 aromatic heterocycles. The molecular weight excluding hydrogens is 647 g/mol. The number of carbonyl (C=O) groups excluding carboxylic acids is 1. The molecule has 0 aliphatic carbocycles. The summed E-state index contributed by atoms with van der Waals surface area (Å²) in [4.78, 5) is 12.8. The van der Waals surface area contributed by atoms with Gasteiger partial charge >= 0.3 is 0 Å². The van der Waals surface area contributed by atoms with Crippen molar-refractivity contribution in [2.75, 3.05) is 16.4 Å². The molecule has 4 aromatic rings. The molecule has 1 amide bonds. The zero-order valence-electron chi connectivity index (χ0n) is 21.7. The number of hydrogen-bond acceptors (Lipinski definition) is 7. The molecule has 3 aromatic carbocycles. The number of sulfonamides is 1. The predicted molar refractivity (Wildman–Crippen MR) is 164 cm³/mol. The van der Waals surface area contributed by atoms with Crippen molar-refractivity contribution in [3.05, 3.63) is 88.3 Å². The summed E-state index contributed by atoms with van der Waals surface area (Å²) in [5, 5.41) is 15.5. The van der Waals surface area contributed by atoms with Crippen LogP contribution in [0.1, 0.15) is 26.6 Å². The lowest BCUT2D eigenvalue weighted by atomic mass is 10.1. The normalized spacial score (nSPS) is 11.8. The Kier molecular flexibility index (Phi) is 9.31. The number of benzene rings is 3. The van der Waals surface area contributed by atoms with E-state index in [4.69, 9.17) is 0 Å². The van der Waals surface area contributed by atoms with Gasteiger partial charge in [0.05, 0.1) is 17.2 Å². The van der Waals surface area contributed by atoms with E-state index in [2.05, 4.69) is 48.1 Å². The highest BCUT2D eigenvalue weighted by molar-refractivity contribution is 14.1. The first kappa shape index (κ1) is 29.1. The van der Waals surface area contributed by atoms with E-state index in [1.165, 1.54) is 23.9 Å². The molecule has 12 heteroatoms. The molecule has 9 nitrogen and oxygen atoms in total. The van der Waals surface area contributed by atoms with Crippen LogP contribution in [0.15, 0.2) is 88.9 Å². The molecule has 0 spiro atoms. The number of thioether (sulfide) groups is 1. The highest BCUT2D eigenvalue weighted by Crippen LogP contribution is 2.24. The fourth-order valence-corrected chi connectivity index (χ4v) is 6.15. The maximum Gasteiger partial charge on any atom is 0.241 e. The molecule has 0 aliphatic heterocycles. The van der Waals surface area contributed by atoms with Gasteiger partial charge in [-0.2, -0.15) is 0 Å². The number of para-hydroxylation sites is 1. The number of rotatable bonds is 10. The summed E-state index contributed by atoms with van der Waals surface area (Å²) in [6.07, 6.45) is 0. The van der Waals surface area contributed by atoms with Crippen LogP contribution in [-0.4, -0.2) is 40.4 Å². The van der Waals surface area contributed by atoms with E-state index >= 15 is 0 Å². The monoisotopic (exact) mass is 676 g/mol. The van der Waals surface area contributed by atoms with Gasteiger partial charge in [0.1, 0.15) is 0 Å². The smallest absolute Gasteiger partial charge is 0.241 e. The van der Waals surface area contributed by atoms with Crippen LogP contribution in [0.3, 0.4) is 0 Å². The third-order valence-electron chi connectivity index (χ3n) is 5.23. The summed E-state index contributed by atoms with van der Waals surface area (Å²) in [5.41, 5.74) is 1.77. The molecule has 0 aliphatic rings. The number of halogens is 1. The lowest BCUT2D eigenvalue weighted by Crippen LogP contribution is -2.40. The number of hydrogen-bond donors (Lipinski definition) is 3. The van der Waals surface area contributed by atoms with Crippen molar-refractivity contribution in [2.24, 2.45) is 0 Å². The van der Waals surface area contributed by atoms with Crippen molar-refractivity contribution in [1.29, 1.82) is 0 Å². The molecular formula is C27H29IN6O3S2. The van der Waals surface area contributed by atoms with Crippen LogP contribution in [0, 0.1) is 3.57 Å². The second-order valence-electron chi connectivity index (χ2n) is 9.65. The summed E-state index contributed by atoms with van der Waals surface area (Å²) >= 11 is 3.54. The number of amides is 1. The number of nitrogens with one attached hydrogen (secondary N) is 3. The third kappa shape index (κ3) is 8.27. The Balaban J connectivity index is 1.42. The number of nitrogens with zero attached hydrogens (tertiary/aromatic N) is 3. The molecule has 0 saturated carbocycles. The first-order chi connectivity index (χ1) is 18.5. The zero-order chi connectivity index (χ0) is 28.0. The highest BCUT2D eigenvalue weighted by Gasteiger charge is 2.22. The Labute approximate surface area is 246 Å². The van der Waals surface area contributed by atoms with Gasteiger partial charge in [0.2, 0.25) is 15.9 Å². The van der Waals surface area contributed by atoms with Crippen LogP contribution in [0.25, 0.3) is 5.69 Å². The van der Waals surface area contributed by atoms with Gasteiger partial charge in [0.15, 0.2) is 11.0 Å². The second-order valence-corrected chi connectivity index (χ2v) is 13.5. The SMILES string of the molecule is CC(C)(C)NS(=O)(=O)c1ccc(NC(=O)CSc2nnc(CNc3ccc(I)cc3)n2-c2ccccc2)cc1. The molecule has 0 atom stereocenters. The maximum atomic E-state index is 12.7. The fourth-order valence-electron chi connectivity index (χ4n) is 3.60. The van der Waals surface area contributed by atoms with Gasteiger partial charge < -0.3 is 10.6 Å². The maximum absolute atomic E-state index is 12.7. The van der Waals surface area contributed by atoms with Crippen LogP contribution in [0.5, 0.6) is 0 Å². The van der Waals surface area contributed by atoms with Gasteiger partial charge in [-0.25, -0.2) is 13.1 Å². The first-order valence-corrected chi connectivity index (χ1v) is 15.6. The van der Waals surface area contributed by atoms with Gasteiger partial charge in [0, 0.05) is 26.2 Å². The van der Waals surface area contributed by atoms with E-state index in [0.29, 0.717) is 23.2 Å². The van der Waals surface area contributed by atoms with Gasteiger partial charge in [-0.05, 0) is 104 Å². The minimum absolute atomic E-state index is 0.0984. The summed E-state index contributed by atoms with van der Waals surface area (Å²) in [5.74, 6) is 0.564. The standard InChI is InChI=1S/C27H29IN6O3S2/c1-27(2,3)33-39(36,37)23-15-13-21(14-16-23)30-25(35)18-38-26-32-31-24(34(26)22-7-5-4-6-8-22)17-29-20-11-9-19(28)10-12-20/h4-16,29,33H,17-18H2,1-3H3,(H,30,35). The van der Waals surface area contributed by atoms with Gasteiger partial charge in [0.25, 0.3) is 0 Å². The number of anilines is 2. The molecule has 0 bridgehead atoms. The minimum Gasteiger partial charge on any atom is -0.378 e. The minimum atomic E-state index is -3.65. The summed E-state index contributed by atoms with van der Waals surface area (Å²) in [6.45, 7) is 5.78. The Morgan fingerprint density at radius 3 is 2.21 bits per heavy atom. The van der Waals surface area contributed by atoms with Crippen LogP contribution in [0.2, 0.25) is 0 Å². The molecule has 0 unspecified atom stereocenters. The van der Waals surface area contributed by atoms with Crippen LogP contribution >= 0.6 is 34.4 Å². The highest BCUT2D eigenvalue weighted by atomic mass is 127. The lowest BCUT2D eigenvalue weighted by Gasteiger charge is -2.20. The van der Waals surface area contributed by atoms with Crippen molar-refractivity contribution >= 4 is 61.7 Å². The number of aromatic nitrogens is 3. The van der Waals surface area contributed by atoms with Crippen molar-refractivity contribution < 1.29 is 13.2 Å². The topological polar surface area (TPSA) is 118 Å². The van der Waals surface area contributed by atoms with E-state index in [1.807, 2.05) is 59.2 Å². The molecule has 4 rings (SSSR count). The Morgan fingerprint density at radius 1 is 0.923 bits per heavy atom. The Morgan fingerprint density at radius 2 is 1.56 bits per heavy atom. The number of carbonyl (C=O) groups is 1. The first-order valence-electron chi connectivity index (χ1n) is 12.1. The Hall–Kier alpha value is -2.94. The zero-order valence-corrected chi connectivity index (χ0v) is 25.5. The molecule has 39 heavy (non-hydrogen) atoms. The largest absolute Gasteiger partial charge is 0.378 e. The van der Waals surface area contributed by atoms with Crippen molar-refractivity contribution in [1.82, 2.24) is 19.5 Å². The molecule has 0 radical (unpaired) electrons. The summed E-state index contributed by atoms with van der Waals surface area (Å²) < 4.78 is 30.7. The van der Waals surface area contributed by atoms with E-state index < -0.39 is 15.6 Å².